The van der Waals surface area contributed by atoms with E-state index in [0.717, 1.165) is 25.0 Å². The monoisotopic (exact) mass is 255 g/mol. The molecule has 1 aliphatic rings. The van der Waals surface area contributed by atoms with Crippen LogP contribution in [0.4, 0.5) is 14.5 Å². The topological polar surface area (TPSA) is 58.4 Å². The second kappa shape index (κ2) is 4.89. The summed E-state index contributed by atoms with van der Waals surface area (Å²) in [5, 5.41) is 0. The first-order valence-electron chi connectivity index (χ1n) is 5.74. The number of nitrogens with one attached hydrogen (secondary N) is 1. The molecule has 4 nitrogen and oxygen atoms in total. The summed E-state index contributed by atoms with van der Waals surface area (Å²) in [6, 6.07) is 1.98. The zero-order chi connectivity index (χ0) is 13.3. The van der Waals surface area contributed by atoms with Gasteiger partial charge in [-0.15, -0.1) is 0 Å². The summed E-state index contributed by atoms with van der Waals surface area (Å²) in [5.74, 6) is 3.38. The summed E-state index contributed by atoms with van der Waals surface area (Å²) in [7, 11) is 1.63. The van der Waals surface area contributed by atoms with Crippen LogP contribution >= 0.6 is 0 Å². The van der Waals surface area contributed by atoms with Crippen LogP contribution < -0.4 is 11.3 Å². The van der Waals surface area contributed by atoms with Crippen LogP contribution in [-0.2, 0) is 0 Å². The van der Waals surface area contributed by atoms with E-state index >= 15 is 0 Å². The smallest absolute Gasteiger partial charge is 0.253 e. The van der Waals surface area contributed by atoms with Gasteiger partial charge in [0.2, 0.25) is 0 Å². The average Bonchev–Trinajstić information content (AvgIpc) is 3.11. The van der Waals surface area contributed by atoms with Gasteiger partial charge in [-0.2, -0.15) is 0 Å². The van der Waals surface area contributed by atoms with Crippen LogP contribution in [0.1, 0.15) is 23.2 Å². The highest BCUT2D eigenvalue weighted by atomic mass is 19.1. The van der Waals surface area contributed by atoms with Crippen molar-refractivity contribution in [2.75, 3.05) is 19.0 Å². The van der Waals surface area contributed by atoms with Crippen molar-refractivity contribution in [3.8, 4) is 0 Å². The van der Waals surface area contributed by atoms with Crippen LogP contribution in [0.15, 0.2) is 12.1 Å². The summed E-state index contributed by atoms with van der Waals surface area (Å²) in [4.78, 5) is 13.4. The van der Waals surface area contributed by atoms with Crippen LogP contribution in [-0.4, -0.2) is 24.4 Å². The molecule has 98 valence electrons. The number of benzene rings is 1. The van der Waals surface area contributed by atoms with Crippen LogP contribution in [0, 0.1) is 17.6 Å². The van der Waals surface area contributed by atoms with Gasteiger partial charge in [-0.1, -0.05) is 0 Å². The number of nitrogen functional groups attached to an aromatic ring is 1. The van der Waals surface area contributed by atoms with Crippen molar-refractivity contribution in [2.45, 2.75) is 12.8 Å². The highest BCUT2D eigenvalue weighted by Gasteiger charge is 2.26. The van der Waals surface area contributed by atoms with E-state index in [0.29, 0.717) is 12.5 Å². The number of amides is 1. The van der Waals surface area contributed by atoms with Gasteiger partial charge < -0.3 is 10.3 Å². The second-order valence-corrected chi connectivity index (χ2v) is 4.59. The molecule has 0 bridgehead atoms. The van der Waals surface area contributed by atoms with Gasteiger partial charge in [-0.05, 0) is 30.9 Å². The molecule has 0 aromatic heterocycles. The molecule has 1 aromatic carbocycles. The lowest BCUT2D eigenvalue weighted by Gasteiger charge is -2.17. The molecule has 1 amide bonds. The first-order chi connectivity index (χ1) is 8.52. The molecule has 0 heterocycles. The fraction of sp³-hybridized carbons (Fsp3) is 0.417. The molecule has 18 heavy (non-hydrogen) atoms. The van der Waals surface area contributed by atoms with E-state index < -0.39 is 17.3 Å². The Bertz CT molecular complexity index is 451. The first kappa shape index (κ1) is 12.8. The van der Waals surface area contributed by atoms with Gasteiger partial charge >= 0.3 is 0 Å². The van der Waals surface area contributed by atoms with Crippen molar-refractivity contribution in [3.63, 3.8) is 0 Å². The van der Waals surface area contributed by atoms with Crippen LogP contribution in [0.3, 0.4) is 0 Å². The number of carbonyl (C=O) groups is 1. The lowest BCUT2D eigenvalue weighted by atomic mass is 10.1. The molecule has 0 saturated heterocycles. The molecule has 0 aliphatic heterocycles. The number of nitrogens with zero attached hydrogens (tertiary/aromatic N) is 1. The summed E-state index contributed by atoms with van der Waals surface area (Å²) in [5.41, 5.74) is 1.49. The summed E-state index contributed by atoms with van der Waals surface area (Å²) >= 11 is 0. The minimum absolute atomic E-state index is 0.00727. The first-order valence-corrected chi connectivity index (χ1v) is 5.74. The van der Waals surface area contributed by atoms with E-state index in [2.05, 4.69) is 0 Å². The molecule has 0 atom stereocenters. The van der Waals surface area contributed by atoms with E-state index in [-0.39, 0.29) is 11.5 Å². The van der Waals surface area contributed by atoms with Crippen LogP contribution in [0.2, 0.25) is 0 Å². The van der Waals surface area contributed by atoms with Crippen molar-refractivity contribution >= 4 is 11.6 Å². The molecular formula is C12H15F2N3O. The van der Waals surface area contributed by atoms with E-state index in [1.165, 1.54) is 4.90 Å². The summed E-state index contributed by atoms with van der Waals surface area (Å²) < 4.78 is 26.9. The maximum Gasteiger partial charge on any atom is 0.253 e. The average molecular weight is 255 g/mol. The van der Waals surface area contributed by atoms with Crippen molar-refractivity contribution in [2.24, 2.45) is 11.8 Å². The third-order valence-corrected chi connectivity index (χ3v) is 3.01. The Morgan fingerprint density at radius 3 is 2.44 bits per heavy atom. The normalized spacial score (nSPS) is 14.4. The van der Waals surface area contributed by atoms with Crippen molar-refractivity contribution < 1.29 is 13.6 Å². The molecule has 6 heteroatoms. The quantitative estimate of drug-likeness (QED) is 0.636. The molecule has 1 aliphatic carbocycles. The Morgan fingerprint density at radius 1 is 1.44 bits per heavy atom. The molecule has 1 fully saturated rings. The Hall–Kier alpha value is -1.69. The van der Waals surface area contributed by atoms with E-state index in [4.69, 9.17) is 5.84 Å². The van der Waals surface area contributed by atoms with Crippen LogP contribution in [0.25, 0.3) is 0 Å². The molecule has 2 rings (SSSR count). The van der Waals surface area contributed by atoms with Crippen molar-refractivity contribution in [1.82, 2.24) is 4.90 Å². The van der Waals surface area contributed by atoms with E-state index in [9.17, 15) is 13.6 Å². The second-order valence-electron chi connectivity index (χ2n) is 4.59. The van der Waals surface area contributed by atoms with E-state index in [1.54, 1.807) is 7.05 Å². The number of rotatable bonds is 4. The number of hydrogen-bond donors (Lipinski definition) is 2. The van der Waals surface area contributed by atoms with Gasteiger partial charge in [0.25, 0.3) is 5.91 Å². The lowest BCUT2D eigenvalue weighted by Crippen LogP contribution is -2.29. The number of halogens is 2. The highest BCUT2D eigenvalue weighted by molar-refractivity contribution is 5.94. The maximum absolute atomic E-state index is 13.5. The number of anilines is 1. The zero-order valence-corrected chi connectivity index (χ0v) is 10.0. The maximum atomic E-state index is 13.5. The predicted molar refractivity (Wildman–Crippen MR) is 63.9 cm³/mol. The third-order valence-electron chi connectivity index (χ3n) is 3.01. The number of hydrazine groups is 1. The molecule has 0 radical (unpaired) electrons. The largest absolute Gasteiger partial charge is 0.341 e. The highest BCUT2D eigenvalue weighted by Crippen LogP contribution is 2.30. The minimum atomic E-state index is -0.874. The van der Waals surface area contributed by atoms with Gasteiger partial charge in [0.15, 0.2) is 11.6 Å². The van der Waals surface area contributed by atoms with E-state index in [1.807, 2.05) is 5.43 Å². The van der Waals surface area contributed by atoms with Gasteiger partial charge in [-0.25, -0.2) is 8.78 Å². The molecule has 1 aromatic rings. The van der Waals surface area contributed by atoms with Crippen molar-refractivity contribution in [3.05, 3.63) is 29.3 Å². The van der Waals surface area contributed by atoms with Gasteiger partial charge in [-0.3, -0.25) is 10.6 Å². The summed E-state index contributed by atoms with van der Waals surface area (Å²) in [6.07, 6.45) is 2.22. The Kier molecular flexibility index (Phi) is 3.47. The van der Waals surface area contributed by atoms with Gasteiger partial charge in [0.1, 0.15) is 5.69 Å². The molecule has 1 saturated carbocycles. The Labute approximate surface area is 104 Å². The van der Waals surface area contributed by atoms with Gasteiger partial charge in [0, 0.05) is 19.2 Å². The molecular weight excluding hydrogens is 240 g/mol. The molecule has 0 unspecified atom stereocenters. The Morgan fingerprint density at radius 2 is 2.00 bits per heavy atom. The zero-order valence-electron chi connectivity index (χ0n) is 10.0. The van der Waals surface area contributed by atoms with Crippen molar-refractivity contribution in [1.29, 1.82) is 0 Å². The fourth-order valence-corrected chi connectivity index (χ4v) is 1.83. The Balaban J connectivity index is 2.19. The number of hydrogen-bond acceptors (Lipinski definition) is 3. The minimum Gasteiger partial charge on any atom is -0.341 e. The fourth-order valence-electron chi connectivity index (χ4n) is 1.83. The predicted octanol–water partition coefficient (Wildman–Crippen LogP) is 1.73. The molecule has 0 spiro atoms. The number of carbonyl (C=O) groups excluding carboxylic acids is 1. The lowest BCUT2D eigenvalue weighted by molar-refractivity contribution is 0.0787. The SMILES string of the molecule is CN(CC1CC1)C(=O)c1cc(F)c(NN)c(F)c1. The van der Waals surface area contributed by atoms with Crippen LogP contribution in [0.5, 0.6) is 0 Å². The standard InChI is InChI=1S/C12H15F2N3O/c1-17(6-7-2-3-7)12(18)8-4-9(13)11(16-15)10(14)5-8/h4-5,7,16H,2-3,6,15H2,1H3. The third kappa shape index (κ3) is 2.59. The number of nitrogens with two attached hydrogens (primary N) is 1. The molecule has 3 N–H and O–H groups in total. The van der Waals surface area contributed by atoms with Gasteiger partial charge in [0.05, 0.1) is 0 Å². The summed E-state index contributed by atoms with van der Waals surface area (Å²) in [6.45, 7) is 0.624.